The molecule has 1 N–H and O–H groups in total. The van der Waals surface area contributed by atoms with Gasteiger partial charge in [-0.2, -0.15) is 0 Å². The minimum atomic E-state index is 0.757. The summed E-state index contributed by atoms with van der Waals surface area (Å²) in [6.07, 6.45) is 2.07. The van der Waals surface area contributed by atoms with Gasteiger partial charge in [0.25, 0.3) is 0 Å². The molecule has 0 saturated carbocycles. The highest BCUT2D eigenvalue weighted by Crippen LogP contribution is 2.23. The molecule has 0 radical (unpaired) electrons. The Labute approximate surface area is 101 Å². The second-order valence-corrected chi connectivity index (χ2v) is 4.29. The molecule has 0 fully saturated rings. The van der Waals surface area contributed by atoms with E-state index in [0.717, 1.165) is 47.7 Å². The normalized spacial score (nSPS) is 11.1. The van der Waals surface area contributed by atoms with E-state index in [1.165, 1.54) is 0 Å². The molecule has 0 aliphatic carbocycles. The van der Waals surface area contributed by atoms with E-state index in [0.29, 0.717) is 0 Å². The van der Waals surface area contributed by atoms with Crippen molar-refractivity contribution in [2.24, 2.45) is 0 Å². The van der Waals surface area contributed by atoms with Gasteiger partial charge in [0.05, 0.1) is 0 Å². The molecule has 1 aromatic carbocycles. The SMILES string of the molecule is CCNCCCc1cc2cc(Cl)ccc2o1. The summed E-state index contributed by atoms with van der Waals surface area (Å²) in [4.78, 5) is 0. The molecule has 0 spiro atoms. The van der Waals surface area contributed by atoms with Gasteiger partial charge >= 0.3 is 0 Å². The van der Waals surface area contributed by atoms with Gasteiger partial charge in [0, 0.05) is 16.8 Å². The van der Waals surface area contributed by atoms with Gasteiger partial charge in [-0.15, -0.1) is 0 Å². The van der Waals surface area contributed by atoms with Crippen LogP contribution in [0.5, 0.6) is 0 Å². The number of halogens is 1. The predicted octanol–water partition coefficient (Wildman–Crippen LogP) is 3.63. The van der Waals surface area contributed by atoms with E-state index >= 15 is 0 Å². The van der Waals surface area contributed by atoms with Crippen molar-refractivity contribution in [2.75, 3.05) is 13.1 Å². The third-order valence-electron chi connectivity index (χ3n) is 2.56. The maximum atomic E-state index is 5.92. The van der Waals surface area contributed by atoms with Gasteiger partial charge in [0.15, 0.2) is 0 Å². The van der Waals surface area contributed by atoms with Gasteiger partial charge in [0.2, 0.25) is 0 Å². The molecular formula is C13H16ClNO. The fraction of sp³-hybridized carbons (Fsp3) is 0.385. The van der Waals surface area contributed by atoms with Crippen LogP contribution in [0.2, 0.25) is 5.02 Å². The highest BCUT2D eigenvalue weighted by atomic mass is 35.5. The Balaban J connectivity index is 2.02. The summed E-state index contributed by atoms with van der Waals surface area (Å²) in [7, 11) is 0. The Morgan fingerprint density at radius 1 is 1.31 bits per heavy atom. The van der Waals surface area contributed by atoms with Crippen LogP contribution in [0, 0.1) is 0 Å². The lowest BCUT2D eigenvalue weighted by Crippen LogP contribution is -2.14. The molecule has 1 aromatic heterocycles. The third kappa shape index (κ3) is 2.77. The van der Waals surface area contributed by atoms with Gasteiger partial charge in [-0.1, -0.05) is 18.5 Å². The largest absolute Gasteiger partial charge is 0.461 e. The maximum absolute atomic E-state index is 5.92. The zero-order chi connectivity index (χ0) is 11.4. The molecule has 3 heteroatoms. The molecule has 2 aromatic rings. The van der Waals surface area contributed by atoms with Gasteiger partial charge in [0.1, 0.15) is 11.3 Å². The number of rotatable bonds is 5. The van der Waals surface area contributed by atoms with E-state index in [4.69, 9.17) is 16.0 Å². The maximum Gasteiger partial charge on any atom is 0.134 e. The number of hydrogen-bond acceptors (Lipinski definition) is 2. The van der Waals surface area contributed by atoms with Crippen LogP contribution in [-0.4, -0.2) is 13.1 Å². The summed E-state index contributed by atoms with van der Waals surface area (Å²) in [5.74, 6) is 1.04. The van der Waals surface area contributed by atoms with E-state index in [1.807, 2.05) is 18.2 Å². The molecule has 86 valence electrons. The summed E-state index contributed by atoms with van der Waals surface area (Å²) in [5.41, 5.74) is 0.919. The van der Waals surface area contributed by atoms with Crippen LogP contribution in [0.25, 0.3) is 11.0 Å². The second-order valence-electron chi connectivity index (χ2n) is 3.85. The quantitative estimate of drug-likeness (QED) is 0.804. The van der Waals surface area contributed by atoms with Crippen molar-refractivity contribution < 1.29 is 4.42 Å². The molecule has 0 atom stereocenters. The van der Waals surface area contributed by atoms with Crippen LogP contribution in [0.4, 0.5) is 0 Å². The van der Waals surface area contributed by atoms with Crippen molar-refractivity contribution in [1.29, 1.82) is 0 Å². The topological polar surface area (TPSA) is 25.2 Å². The number of aryl methyl sites for hydroxylation is 1. The van der Waals surface area contributed by atoms with Gasteiger partial charge in [-0.05, 0) is 43.8 Å². The Morgan fingerprint density at radius 2 is 2.19 bits per heavy atom. The first kappa shape index (κ1) is 11.5. The number of nitrogens with one attached hydrogen (secondary N) is 1. The Hall–Kier alpha value is -0.990. The monoisotopic (exact) mass is 237 g/mol. The zero-order valence-corrected chi connectivity index (χ0v) is 10.2. The lowest BCUT2D eigenvalue weighted by molar-refractivity contribution is 0.530. The van der Waals surface area contributed by atoms with Crippen molar-refractivity contribution in [2.45, 2.75) is 19.8 Å². The molecule has 0 aliphatic rings. The molecule has 1 heterocycles. The van der Waals surface area contributed by atoms with E-state index in [2.05, 4.69) is 18.3 Å². The van der Waals surface area contributed by atoms with Gasteiger partial charge < -0.3 is 9.73 Å². The van der Waals surface area contributed by atoms with E-state index in [9.17, 15) is 0 Å². The highest BCUT2D eigenvalue weighted by Gasteiger charge is 2.03. The van der Waals surface area contributed by atoms with Crippen molar-refractivity contribution in [3.05, 3.63) is 35.0 Å². The Bertz CT molecular complexity index is 464. The summed E-state index contributed by atoms with van der Waals surface area (Å²) in [5, 5.41) is 5.14. The standard InChI is InChI=1S/C13H16ClNO/c1-2-15-7-3-4-12-9-10-8-11(14)5-6-13(10)16-12/h5-6,8-9,15H,2-4,7H2,1H3. The van der Waals surface area contributed by atoms with Crippen molar-refractivity contribution in [3.8, 4) is 0 Å². The average Bonchev–Trinajstić information content (AvgIpc) is 2.66. The first-order valence-corrected chi connectivity index (χ1v) is 6.06. The molecule has 0 aliphatic heterocycles. The summed E-state index contributed by atoms with van der Waals surface area (Å²) >= 11 is 5.92. The summed E-state index contributed by atoms with van der Waals surface area (Å²) in [6.45, 7) is 4.17. The van der Waals surface area contributed by atoms with E-state index in [1.54, 1.807) is 0 Å². The summed E-state index contributed by atoms with van der Waals surface area (Å²) in [6, 6.07) is 7.79. The molecule has 0 saturated heterocycles. The molecule has 16 heavy (non-hydrogen) atoms. The third-order valence-corrected chi connectivity index (χ3v) is 2.79. The average molecular weight is 238 g/mol. The first-order chi connectivity index (χ1) is 7.79. The first-order valence-electron chi connectivity index (χ1n) is 5.68. The minimum Gasteiger partial charge on any atom is -0.461 e. The van der Waals surface area contributed by atoms with Gasteiger partial charge in [-0.3, -0.25) is 0 Å². The number of benzene rings is 1. The fourth-order valence-corrected chi connectivity index (χ4v) is 1.94. The van der Waals surface area contributed by atoms with Crippen molar-refractivity contribution in [1.82, 2.24) is 5.32 Å². The van der Waals surface area contributed by atoms with Gasteiger partial charge in [-0.25, -0.2) is 0 Å². The lowest BCUT2D eigenvalue weighted by atomic mass is 10.2. The smallest absolute Gasteiger partial charge is 0.134 e. The number of furan rings is 1. The van der Waals surface area contributed by atoms with E-state index < -0.39 is 0 Å². The molecular weight excluding hydrogens is 222 g/mol. The van der Waals surface area contributed by atoms with Crippen LogP contribution in [0.1, 0.15) is 19.1 Å². The molecule has 0 bridgehead atoms. The highest BCUT2D eigenvalue weighted by molar-refractivity contribution is 6.31. The van der Waals surface area contributed by atoms with Crippen molar-refractivity contribution in [3.63, 3.8) is 0 Å². The van der Waals surface area contributed by atoms with Crippen LogP contribution in [-0.2, 0) is 6.42 Å². The van der Waals surface area contributed by atoms with E-state index in [-0.39, 0.29) is 0 Å². The number of hydrogen-bond donors (Lipinski definition) is 1. The fourth-order valence-electron chi connectivity index (χ4n) is 1.76. The zero-order valence-electron chi connectivity index (χ0n) is 9.42. The minimum absolute atomic E-state index is 0.757. The predicted molar refractivity (Wildman–Crippen MR) is 68.1 cm³/mol. The lowest BCUT2D eigenvalue weighted by Gasteiger charge is -1.98. The van der Waals surface area contributed by atoms with Crippen LogP contribution in [0.3, 0.4) is 0 Å². The van der Waals surface area contributed by atoms with Crippen molar-refractivity contribution >= 4 is 22.6 Å². The second kappa shape index (κ2) is 5.37. The molecule has 2 nitrogen and oxygen atoms in total. The van der Waals surface area contributed by atoms with Crippen LogP contribution < -0.4 is 5.32 Å². The molecule has 0 amide bonds. The Morgan fingerprint density at radius 3 is 3.00 bits per heavy atom. The molecule has 2 rings (SSSR count). The number of fused-ring (bicyclic) bond motifs is 1. The van der Waals surface area contributed by atoms with Crippen LogP contribution >= 0.6 is 11.6 Å². The van der Waals surface area contributed by atoms with Crippen LogP contribution in [0.15, 0.2) is 28.7 Å². The molecule has 0 unspecified atom stereocenters. The Kier molecular flexibility index (Phi) is 3.86. The summed E-state index contributed by atoms with van der Waals surface area (Å²) < 4.78 is 5.72.